The lowest BCUT2D eigenvalue weighted by Crippen LogP contribution is -2.40. The van der Waals surface area contributed by atoms with Gasteiger partial charge in [0.2, 0.25) is 5.91 Å². The summed E-state index contributed by atoms with van der Waals surface area (Å²) in [6.45, 7) is 1.67. The fourth-order valence-corrected chi connectivity index (χ4v) is 4.46. The minimum Gasteiger partial charge on any atom is -0.497 e. The molecule has 0 spiro atoms. The number of amides is 1. The minimum absolute atomic E-state index is 0.0202. The van der Waals surface area contributed by atoms with Crippen molar-refractivity contribution in [2.45, 2.75) is 19.0 Å². The number of rotatable bonds is 5. The third kappa shape index (κ3) is 3.89. The lowest BCUT2D eigenvalue weighted by molar-refractivity contribution is -0.121. The minimum atomic E-state index is -0.328. The molecule has 0 saturated heterocycles. The largest absolute Gasteiger partial charge is 0.497 e. The van der Waals surface area contributed by atoms with Crippen LogP contribution in [0.5, 0.6) is 5.75 Å². The van der Waals surface area contributed by atoms with Crippen LogP contribution < -0.4 is 10.1 Å². The molecule has 1 aliphatic heterocycles. The predicted molar refractivity (Wildman–Crippen MR) is 109 cm³/mol. The summed E-state index contributed by atoms with van der Waals surface area (Å²) in [4.78, 5) is 17.0. The highest BCUT2D eigenvalue weighted by atomic mass is 32.1. The molecule has 2 heterocycles. The van der Waals surface area contributed by atoms with E-state index in [2.05, 4.69) is 21.7 Å². The van der Waals surface area contributed by atoms with E-state index in [0.717, 1.165) is 36.5 Å². The smallest absolute Gasteiger partial charge is 0.246 e. The van der Waals surface area contributed by atoms with Crippen molar-refractivity contribution in [2.75, 3.05) is 19.0 Å². The fraction of sp³-hybridized carbons (Fsp3) is 0.227. The van der Waals surface area contributed by atoms with Gasteiger partial charge in [0.15, 0.2) is 0 Å². The Balaban J connectivity index is 1.61. The molecule has 1 N–H and O–H groups in total. The van der Waals surface area contributed by atoms with E-state index in [9.17, 15) is 4.79 Å². The lowest BCUT2D eigenvalue weighted by Gasteiger charge is -2.34. The molecule has 0 fully saturated rings. The van der Waals surface area contributed by atoms with Gasteiger partial charge < -0.3 is 10.1 Å². The van der Waals surface area contributed by atoms with E-state index in [4.69, 9.17) is 4.74 Å². The summed E-state index contributed by atoms with van der Waals surface area (Å²) >= 11 is 1.81. The molecular formula is C22H22N2O2S. The zero-order valence-corrected chi connectivity index (χ0v) is 16.0. The third-order valence-electron chi connectivity index (χ3n) is 4.90. The second kappa shape index (κ2) is 7.94. The van der Waals surface area contributed by atoms with Crippen molar-refractivity contribution in [1.82, 2.24) is 4.90 Å². The zero-order chi connectivity index (χ0) is 18.6. The molecule has 0 unspecified atom stereocenters. The molecule has 138 valence electrons. The Morgan fingerprint density at radius 3 is 2.81 bits per heavy atom. The van der Waals surface area contributed by atoms with Crippen LogP contribution in [0.2, 0.25) is 0 Å². The molecule has 4 rings (SSSR count). The maximum absolute atomic E-state index is 13.3. The van der Waals surface area contributed by atoms with Gasteiger partial charge >= 0.3 is 0 Å². The number of thiophene rings is 1. The van der Waals surface area contributed by atoms with Crippen LogP contribution in [0, 0.1) is 0 Å². The maximum atomic E-state index is 13.3. The van der Waals surface area contributed by atoms with E-state index in [1.54, 1.807) is 7.11 Å². The Hall–Kier alpha value is -2.63. The number of carbonyl (C=O) groups excluding carboxylic acids is 1. The number of benzene rings is 2. The number of anilines is 1. The van der Waals surface area contributed by atoms with E-state index in [-0.39, 0.29) is 11.9 Å². The normalized spacial score (nSPS) is 15.0. The number of nitrogens with one attached hydrogen (secondary N) is 1. The van der Waals surface area contributed by atoms with Crippen LogP contribution in [0.25, 0.3) is 0 Å². The molecule has 0 bridgehead atoms. The summed E-state index contributed by atoms with van der Waals surface area (Å²) in [5, 5.41) is 5.21. The van der Waals surface area contributed by atoms with Gasteiger partial charge in [0.25, 0.3) is 0 Å². The molecule has 1 amide bonds. The van der Waals surface area contributed by atoms with E-state index in [1.165, 1.54) is 10.4 Å². The first-order chi connectivity index (χ1) is 13.2. The van der Waals surface area contributed by atoms with Gasteiger partial charge in [0.1, 0.15) is 11.8 Å². The summed E-state index contributed by atoms with van der Waals surface area (Å²) in [6, 6.07) is 19.3. The first kappa shape index (κ1) is 17.8. The van der Waals surface area contributed by atoms with Crippen LogP contribution in [0.3, 0.4) is 0 Å². The first-order valence-corrected chi connectivity index (χ1v) is 9.92. The van der Waals surface area contributed by atoms with E-state index >= 15 is 0 Å². The Morgan fingerprint density at radius 2 is 2.00 bits per heavy atom. The Morgan fingerprint density at radius 1 is 1.15 bits per heavy atom. The standard InChI is InChI=1S/C22H22N2O2S/c1-26-19-9-5-8-18(14-19)23-22(25)21(16-6-3-2-4-7-16)24-12-10-20-17(15-24)11-13-27-20/h2-9,11,13-14,21H,10,12,15H2,1H3,(H,23,25)/t21-/m1/s1. The van der Waals surface area contributed by atoms with Crippen LogP contribution in [-0.2, 0) is 17.8 Å². The topological polar surface area (TPSA) is 41.6 Å². The Kier molecular flexibility index (Phi) is 5.23. The van der Waals surface area contributed by atoms with E-state index in [1.807, 2.05) is 65.9 Å². The summed E-state index contributed by atoms with van der Waals surface area (Å²) in [7, 11) is 1.62. The van der Waals surface area contributed by atoms with Gasteiger partial charge in [-0.3, -0.25) is 9.69 Å². The SMILES string of the molecule is COc1cccc(NC(=O)[C@@H](c2ccccc2)N2CCc3sccc3C2)c1. The van der Waals surface area contributed by atoms with Crippen LogP contribution in [0.15, 0.2) is 66.0 Å². The lowest BCUT2D eigenvalue weighted by atomic mass is 10.0. The summed E-state index contributed by atoms with van der Waals surface area (Å²) < 4.78 is 5.27. The van der Waals surface area contributed by atoms with Crippen molar-refractivity contribution < 1.29 is 9.53 Å². The van der Waals surface area contributed by atoms with E-state index in [0.29, 0.717) is 0 Å². The van der Waals surface area contributed by atoms with Crippen molar-refractivity contribution in [1.29, 1.82) is 0 Å². The average molecular weight is 378 g/mol. The van der Waals surface area contributed by atoms with Crippen LogP contribution in [0.1, 0.15) is 22.0 Å². The second-order valence-corrected chi connectivity index (χ2v) is 7.62. The van der Waals surface area contributed by atoms with Crippen molar-refractivity contribution in [2.24, 2.45) is 0 Å². The van der Waals surface area contributed by atoms with Gasteiger partial charge in [0, 0.05) is 29.7 Å². The van der Waals surface area contributed by atoms with Crippen LogP contribution >= 0.6 is 11.3 Å². The average Bonchev–Trinajstić information content (AvgIpc) is 3.17. The van der Waals surface area contributed by atoms with Crippen molar-refractivity contribution in [3.63, 3.8) is 0 Å². The Bertz CT molecular complexity index is 923. The van der Waals surface area contributed by atoms with E-state index < -0.39 is 0 Å². The maximum Gasteiger partial charge on any atom is 0.246 e. The first-order valence-electron chi connectivity index (χ1n) is 9.04. The second-order valence-electron chi connectivity index (χ2n) is 6.62. The molecule has 1 atom stereocenters. The molecular weight excluding hydrogens is 356 g/mol. The van der Waals surface area contributed by atoms with Crippen molar-refractivity contribution in [3.05, 3.63) is 82.0 Å². The number of nitrogens with zero attached hydrogens (tertiary/aromatic N) is 1. The fourth-order valence-electron chi connectivity index (χ4n) is 3.57. The number of fused-ring (bicyclic) bond motifs is 1. The molecule has 5 heteroatoms. The molecule has 0 radical (unpaired) electrons. The molecule has 0 aliphatic carbocycles. The molecule has 1 aliphatic rings. The van der Waals surface area contributed by atoms with Gasteiger partial charge in [-0.25, -0.2) is 0 Å². The summed E-state index contributed by atoms with van der Waals surface area (Å²) in [5.41, 5.74) is 3.09. The molecule has 27 heavy (non-hydrogen) atoms. The molecule has 2 aromatic carbocycles. The number of hydrogen-bond donors (Lipinski definition) is 1. The molecule has 3 aromatic rings. The van der Waals surface area contributed by atoms with Gasteiger partial charge in [-0.2, -0.15) is 0 Å². The predicted octanol–water partition coefficient (Wildman–Crippen LogP) is 4.49. The number of methoxy groups -OCH3 is 1. The number of carbonyl (C=O) groups is 1. The van der Waals surface area contributed by atoms with Gasteiger partial charge in [-0.15, -0.1) is 11.3 Å². The summed E-state index contributed by atoms with van der Waals surface area (Å²) in [5.74, 6) is 0.707. The van der Waals surface area contributed by atoms with Crippen LogP contribution in [0.4, 0.5) is 5.69 Å². The van der Waals surface area contributed by atoms with Gasteiger partial charge in [-0.1, -0.05) is 36.4 Å². The number of ether oxygens (including phenoxy) is 1. The van der Waals surface area contributed by atoms with Gasteiger partial charge in [0.05, 0.1) is 7.11 Å². The Labute approximate surface area is 163 Å². The number of hydrogen-bond acceptors (Lipinski definition) is 4. The van der Waals surface area contributed by atoms with Crippen molar-refractivity contribution in [3.8, 4) is 5.75 Å². The highest BCUT2D eigenvalue weighted by molar-refractivity contribution is 7.10. The third-order valence-corrected chi connectivity index (χ3v) is 5.93. The quantitative estimate of drug-likeness (QED) is 0.711. The molecule has 4 nitrogen and oxygen atoms in total. The molecule has 1 aromatic heterocycles. The van der Waals surface area contributed by atoms with Crippen LogP contribution in [-0.4, -0.2) is 24.5 Å². The van der Waals surface area contributed by atoms with Crippen molar-refractivity contribution >= 4 is 22.9 Å². The monoisotopic (exact) mass is 378 g/mol. The highest BCUT2D eigenvalue weighted by Gasteiger charge is 2.30. The molecule has 0 saturated carbocycles. The zero-order valence-electron chi connectivity index (χ0n) is 15.2. The summed E-state index contributed by atoms with van der Waals surface area (Å²) in [6.07, 6.45) is 0.989. The highest BCUT2D eigenvalue weighted by Crippen LogP contribution is 2.31. The van der Waals surface area contributed by atoms with Gasteiger partial charge in [-0.05, 0) is 41.1 Å².